The van der Waals surface area contributed by atoms with Gasteiger partial charge in [0.2, 0.25) is 0 Å². The van der Waals surface area contributed by atoms with E-state index in [4.69, 9.17) is 0 Å². The maximum absolute atomic E-state index is 12.6. The number of carbonyl (C=O) groups excluding carboxylic acids is 2. The summed E-state index contributed by atoms with van der Waals surface area (Å²) < 4.78 is 9.14. The molecule has 0 atom stereocenters. The molecule has 0 spiro atoms. The number of carbonyl (C=O) groups is 2. The fourth-order valence-electron chi connectivity index (χ4n) is 2.07. The van der Waals surface area contributed by atoms with E-state index in [0.717, 1.165) is 11.6 Å². The molecule has 0 bridgehead atoms. The van der Waals surface area contributed by atoms with Crippen LogP contribution in [0.15, 0.2) is 35.3 Å². The van der Waals surface area contributed by atoms with Gasteiger partial charge in [-0.3, -0.25) is 4.79 Å². The van der Waals surface area contributed by atoms with Gasteiger partial charge in [0.1, 0.15) is 0 Å². The van der Waals surface area contributed by atoms with Gasteiger partial charge >= 0.3 is 11.9 Å². The predicted molar refractivity (Wildman–Crippen MR) is 81.3 cm³/mol. The van der Waals surface area contributed by atoms with Crippen LogP contribution in [0.4, 0.5) is 0 Å². The molecular weight excluding hydrogens is 286 g/mol. The number of aromatic nitrogens is 1. The summed E-state index contributed by atoms with van der Waals surface area (Å²) in [6.45, 7) is 1.86. The molecule has 0 saturated carbocycles. The Balaban J connectivity index is 2.72. The fraction of sp³-hybridized carbons (Fsp3) is 0.188. The molecule has 6 nitrogen and oxygen atoms in total. The number of hydrogen-bond donors (Lipinski definition) is 1. The Morgan fingerprint density at radius 1 is 1.18 bits per heavy atom. The highest BCUT2D eigenvalue weighted by molar-refractivity contribution is 6.20. The molecule has 0 fully saturated rings. The summed E-state index contributed by atoms with van der Waals surface area (Å²) >= 11 is 0. The van der Waals surface area contributed by atoms with Gasteiger partial charge in [-0.25, -0.2) is 9.59 Å². The maximum Gasteiger partial charge on any atom is 0.338 e. The molecular formula is C16H15NO5. The lowest BCUT2D eigenvalue weighted by atomic mass is 10.0. The summed E-state index contributed by atoms with van der Waals surface area (Å²) in [6, 6.07) is 5.35. The van der Waals surface area contributed by atoms with E-state index in [1.807, 2.05) is 13.0 Å². The lowest BCUT2D eigenvalue weighted by molar-refractivity contribution is -0.136. The Labute approximate surface area is 126 Å². The van der Waals surface area contributed by atoms with Gasteiger partial charge in [-0.15, -0.1) is 0 Å². The van der Waals surface area contributed by atoms with E-state index in [1.165, 1.54) is 20.4 Å². The minimum Gasteiger partial charge on any atom is -0.466 e. The lowest BCUT2D eigenvalue weighted by Gasteiger charge is -2.07. The van der Waals surface area contributed by atoms with Crippen molar-refractivity contribution in [3.8, 4) is 0 Å². The van der Waals surface area contributed by atoms with Crippen LogP contribution >= 0.6 is 0 Å². The number of aryl methyl sites for hydroxylation is 1. The lowest BCUT2D eigenvalue weighted by Crippen LogP contribution is -2.16. The van der Waals surface area contributed by atoms with Crippen molar-refractivity contribution in [1.29, 1.82) is 0 Å². The van der Waals surface area contributed by atoms with Crippen LogP contribution in [-0.2, 0) is 19.1 Å². The van der Waals surface area contributed by atoms with Gasteiger partial charge in [-0.1, -0.05) is 11.6 Å². The Morgan fingerprint density at radius 3 is 2.55 bits per heavy atom. The van der Waals surface area contributed by atoms with Crippen molar-refractivity contribution in [2.24, 2.45) is 0 Å². The van der Waals surface area contributed by atoms with Crippen molar-refractivity contribution in [3.63, 3.8) is 0 Å². The normalized spacial score (nSPS) is 11.3. The molecule has 114 valence electrons. The van der Waals surface area contributed by atoms with Crippen LogP contribution in [0, 0.1) is 6.92 Å². The number of esters is 2. The van der Waals surface area contributed by atoms with Crippen LogP contribution in [0.1, 0.15) is 11.1 Å². The third-order valence-electron chi connectivity index (χ3n) is 3.20. The molecule has 2 aromatic rings. The number of pyridine rings is 1. The van der Waals surface area contributed by atoms with Crippen LogP contribution < -0.4 is 5.43 Å². The number of aromatic amines is 1. The molecule has 0 radical (unpaired) electrons. The monoisotopic (exact) mass is 301 g/mol. The number of nitrogens with one attached hydrogen (secondary N) is 1. The number of methoxy groups -OCH3 is 2. The van der Waals surface area contributed by atoms with Crippen LogP contribution in [0.25, 0.3) is 16.5 Å². The summed E-state index contributed by atoms with van der Waals surface area (Å²) in [6.07, 6.45) is 2.32. The molecule has 0 saturated heterocycles. The molecule has 1 heterocycles. The molecule has 1 aromatic carbocycles. The summed E-state index contributed by atoms with van der Waals surface area (Å²) in [5, 5.41) is 0.428. The molecule has 0 amide bonds. The first-order valence-corrected chi connectivity index (χ1v) is 6.48. The first-order valence-electron chi connectivity index (χ1n) is 6.48. The van der Waals surface area contributed by atoms with E-state index in [9.17, 15) is 14.4 Å². The molecule has 22 heavy (non-hydrogen) atoms. The van der Waals surface area contributed by atoms with Gasteiger partial charge in [-0.05, 0) is 19.1 Å². The van der Waals surface area contributed by atoms with E-state index in [0.29, 0.717) is 10.9 Å². The van der Waals surface area contributed by atoms with Crippen LogP contribution in [0.2, 0.25) is 0 Å². The highest BCUT2D eigenvalue weighted by Gasteiger charge is 2.19. The summed E-state index contributed by atoms with van der Waals surface area (Å²) in [4.78, 5) is 38.8. The minimum absolute atomic E-state index is 0.0513. The van der Waals surface area contributed by atoms with Gasteiger partial charge in [-0.2, -0.15) is 0 Å². The Bertz CT molecular complexity index is 832. The van der Waals surface area contributed by atoms with Gasteiger partial charge in [0, 0.05) is 23.2 Å². The topological polar surface area (TPSA) is 85.5 Å². The molecule has 1 aromatic heterocycles. The number of benzene rings is 1. The first kappa shape index (κ1) is 15.5. The van der Waals surface area contributed by atoms with Crippen LogP contribution in [-0.4, -0.2) is 31.1 Å². The number of H-pyrrole nitrogens is 1. The van der Waals surface area contributed by atoms with Gasteiger partial charge in [0.25, 0.3) is 0 Å². The van der Waals surface area contributed by atoms with E-state index in [-0.39, 0.29) is 16.6 Å². The van der Waals surface area contributed by atoms with Crippen LogP contribution in [0.5, 0.6) is 0 Å². The molecule has 6 heteroatoms. The van der Waals surface area contributed by atoms with Crippen molar-refractivity contribution < 1.29 is 19.1 Å². The van der Waals surface area contributed by atoms with Crippen LogP contribution in [0.3, 0.4) is 0 Å². The number of rotatable bonds is 3. The molecule has 0 aliphatic carbocycles. The zero-order chi connectivity index (χ0) is 16.3. The predicted octanol–water partition coefficient (Wildman–Crippen LogP) is 1.57. The largest absolute Gasteiger partial charge is 0.466 e. The standard InChI is InChI=1S/C16H15NO5/c1-9-4-5-13-11(6-9)15(19)12(8-17-13)10(16(20)22-3)7-14(18)21-2/h4-8H,1-3H3,(H,17,19)/b10-7+. The second kappa shape index (κ2) is 6.26. The molecule has 0 aliphatic heterocycles. The quantitative estimate of drug-likeness (QED) is 0.687. The number of hydrogen-bond acceptors (Lipinski definition) is 5. The third-order valence-corrected chi connectivity index (χ3v) is 3.20. The van der Waals surface area contributed by atoms with Crippen molar-refractivity contribution >= 4 is 28.4 Å². The van der Waals surface area contributed by atoms with Crippen molar-refractivity contribution in [1.82, 2.24) is 4.98 Å². The van der Waals surface area contributed by atoms with E-state index < -0.39 is 11.9 Å². The van der Waals surface area contributed by atoms with Gasteiger partial charge in [0.05, 0.1) is 25.4 Å². The van der Waals surface area contributed by atoms with E-state index in [1.54, 1.807) is 12.1 Å². The molecule has 1 N–H and O–H groups in total. The highest BCUT2D eigenvalue weighted by Crippen LogP contribution is 2.16. The Kier molecular flexibility index (Phi) is 4.41. The SMILES string of the molecule is COC(=O)/C=C(/C(=O)OC)c1c[nH]c2ccc(C)cc2c1=O. The second-order valence-electron chi connectivity index (χ2n) is 4.65. The fourth-order valence-corrected chi connectivity index (χ4v) is 2.07. The number of fused-ring (bicyclic) bond motifs is 1. The molecule has 0 unspecified atom stereocenters. The van der Waals surface area contributed by atoms with Gasteiger partial charge in [0.15, 0.2) is 5.43 Å². The van der Waals surface area contributed by atoms with Crippen molar-refractivity contribution in [2.75, 3.05) is 14.2 Å². The smallest absolute Gasteiger partial charge is 0.338 e. The second-order valence-corrected chi connectivity index (χ2v) is 4.65. The maximum atomic E-state index is 12.6. The van der Waals surface area contributed by atoms with Crippen molar-refractivity contribution in [2.45, 2.75) is 6.92 Å². The third kappa shape index (κ3) is 2.90. The number of ether oxygens (including phenoxy) is 2. The summed E-state index contributed by atoms with van der Waals surface area (Å²) in [5.74, 6) is -1.54. The van der Waals surface area contributed by atoms with E-state index in [2.05, 4.69) is 14.5 Å². The minimum atomic E-state index is -0.789. The zero-order valence-electron chi connectivity index (χ0n) is 12.4. The summed E-state index contributed by atoms with van der Waals surface area (Å²) in [7, 11) is 2.36. The summed E-state index contributed by atoms with van der Waals surface area (Å²) in [5.41, 5.74) is 1.08. The zero-order valence-corrected chi connectivity index (χ0v) is 12.4. The Morgan fingerprint density at radius 2 is 1.91 bits per heavy atom. The highest BCUT2D eigenvalue weighted by atomic mass is 16.5. The average Bonchev–Trinajstić information content (AvgIpc) is 2.53. The molecule has 0 aliphatic rings. The Hall–Kier alpha value is -2.89. The van der Waals surface area contributed by atoms with Crippen molar-refractivity contribution in [3.05, 3.63) is 51.8 Å². The van der Waals surface area contributed by atoms with E-state index >= 15 is 0 Å². The average molecular weight is 301 g/mol. The first-order chi connectivity index (χ1) is 10.5. The van der Waals surface area contributed by atoms with Gasteiger partial charge < -0.3 is 14.5 Å². The molecule has 2 rings (SSSR count).